The number of hydrogen-bond donors (Lipinski definition) is 0. The molecular formula is C25H15Cl2F5N2O2. The Morgan fingerprint density at radius 1 is 0.889 bits per heavy atom. The van der Waals surface area contributed by atoms with Gasteiger partial charge in [-0.05, 0) is 43.2 Å². The molecule has 0 unspecified atom stereocenters. The molecule has 0 bridgehead atoms. The molecule has 0 fully saturated rings. The molecule has 0 radical (unpaired) electrons. The van der Waals surface area contributed by atoms with Crippen molar-refractivity contribution in [2.45, 2.75) is 20.5 Å². The third kappa shape index (κ3) is 4.68. The maximum Gasteiger partial charge on any atom is 0.280 e. The average Bonchev–Trinajstić information content (AvgIpc) is 3.10. The van der Waals surface area contributed by atoms with Gasteiger partial charge in [-0.15, -0.1) is 0 Å². The highest BCUT2D eigenvalue weighted by Crippen LogP contribution is 2.37. The van der Waals surface area contributed by atoms with Crippen LogP contribution < -0.4 is 9.75 Å². The van der Waals surface area contributed by atoms with Gasteiger partial charge in [0.1, 0.15) is 12.3 Å². The Labute approximate surface area is 212 Å². The quantitative estimate of drug-likeness (QED) is 0.146. The minimum absolute atomic E-state index is 0.0316. The molecule has 3 aromatic rings. The van der Waals surface area contributed by atoms with Crippen LogP contribution in [0.25, 0.3) is 6.08 Å². The summed E-state index contributed by atoms with van der Waals surface area (Å²) in [5.74, 6) is -12.0. The van der Waals surface area contributed by atoms with E-state index >= 15 is 0 Å². The molecule has 0 atom stereocenters. The van der Waals surface area contributed by atoms with Crippen molar-refractivity contribution < 1.29 is 31.5 Å². The number of ether oxygens (including phenoxy) is 1. The lowest BCUT2D eigenvalue weighted by molar-refractivity contribution is -0.114. The van der Waals surface area contributed by atoms with E-state index in [0.717, 1.165) is 11.1 Å². The Morgan fingerprint density at radius 3 is 1.97 bits per heavy atom. The van der Waals surface area contributed by atoms with Crippen LogP contribution in [-0.4, -0.2) is 11.6 Å². The van der Waals surface area contributed by atoms with Gasteiger partial charge in [0.05, 0.1) is 21.3 Å². The lowest BCUT2D eigenvalue weighted by Gasteiger charge is -2.15. The lowest BCUT2D eigenvalue weighted by Crippen LogP contribution is -2.25. The monoisotopic (exact) mass is 540 g/mol. The number of amides is 1. The molecule has 186 valence electrons. The second-order valence-corrected chi connectivity index (χ2v) is 8.68. The van der Waals surface area contributed by atoms with Crippen molar-refractivity contribution in [3.8, 4) is 5.75 Å². The molecule has 11 heteroatoms. The molecule has 1 amide bonds. The van der Waals surface area contributed by atoms with Crippen molar-refractivity contribution in [1.29, 1.82) is 0 Å². The second kappa shape index (κ2) is 9.91. The molecule has 1 aliphatic rings. The van der Waals surface area contributed by atoms with Crippen LogP contribution in [0.5, 0.6) is 5.75 Å². The molecule has 0 N–H and O–H groups in total. The Bertz CT molecular complexity index is 1400. The number of hydrogen-bond acceptors (Lipinski definition) is 3. The van der Waals surface area contributed by atoms with Crippen molar-refractivity contribution in [2.75, 3.05) is 5.01 Å². The first-order chi connectivity index (χ1) is 17.0. The second-order valence-electron chi connectivity index (χ2n) is 7.87. The highest BCUT2D eigenvalue weighted by atomic mass is 35.5. The zero-order valence-electron chi connectivity index (χ0n) is 18.6. The molecule has 1 aliphatic heterocycles. The van der Waals surface area contributed by atoms with Crippen LogP contribution in [0.15, 0.2) is 47.1 Å². The summed E-state index contributed by atoms with van der Waals surface area (Å²) in [4.78, 5) is 12.8. The number of rotatable bonds is 5. The third-order valence-corrected chi connectivity index (χ3v) is 5.86. The molecule has 0 aliphatic carbocycles. The maximum atomic E-state index is 14.2. The van der Waals surface area contributed by atoms with Crippen LogP contribution in [0, 0.1) is 36.0 Å². The van der Waals surface area contributed by atoms with E-state index in [-0.39, 0.29) is 38.7 Å². The largest absolute Gasteiger partial charge is 0.486 e. The van der Waals surface area contributed by atoms with Crippen LogP contribution >= 0.6 is 23.2 Å². The van der Waals surface area contributed by atoms with Gasteiger partial charge in [-0.2, -0.15) is 10.1 Å². The van der Waals surface area contributed by atoms with Gasteiger partial charge in [-0.3, -0.25) is 4.79 Å². The summed E-state index contributed by atoms with van der Waals surface area (Å²) in [6.07, 6.45) is 1.27. The fraction of sp³-hybridized carbons (Fsp3) is 0.120. The standard InChI is InChI=1S/C25H15Cl2F5N2O2/c1-11-3-5-13(6-4-11)10-36-24-16(26)8-14(9-17(24)27)7-15-12(2)33-34(25(15)35)23-21(31)19(29)18(28)20(30)22(23)32/h3-9H,10H2,1-2H3/b15-7+. The van der Waals surface area contributed by atoms with Crippen LogP contribution in [-0.2, 0) is 11.4 Å². The average molecular weight is 541 g/mol. The van der Waals surface area contributed by atoms with E-state index in [9.17, 15) is 26.7 Å². The zero-order chi connectivity index (χ0) is 26.3. The first kappa shape index (κ1) is 25.7. The van der Waals surface area contributed by atoms with E-state index in [1.165, 1.54) is 25.1 Å². The summed E-state index contributed by atoms with van der Waals surface area (Å²) >= 11 is 12.6. The third-order valence-electron chi connectivity index (χ3n) is 5.30. The van der Waals surface area contributed by atoms with E-state index in [4.69, 9.17) is 27.9 Å². The van der Waals surface area contributed by atoms with Gasteiger partial charge >= 0.3 is 0 Å². The summed E-state index contributed by atoms with van der Waals surface area (Å²) in [5.41, 5.74) is 0.608. The first-order valence-electron chi connectivity index (χ1n) is 10.3. The van der Waals surface area contributed by atoms with E-state index in [2.05, 4.69) is 5.10 Å². The smallest absolute Gasteiger partial charge is 0.280 e. The van der Waals surface area contributed by atoms with Gasteiger partial charge in [0.2, 0.25) is 5.82 Å². The number of halogens is 7. The van der Waals surface area contributed by atoms with Crippen molar-refractivity contribution in [2.24, 2.45) is 5.10 Å². The summed E-state index contributed by atoms with van der Waals surface area (Å²) in [6, 6.07) is 10.5. The number of hydrazone groups is 1. The van der Waals surface area contributed by atoms with E-state index in [1.807, 2.05) is 31.2 Å². The summed E-state index contributed by atoms with van der Waals surface area (Å²) in [6.45, 7) is 3.48. The van der Waals surface area contributed by atoms with E-state index in [0.29, 0.717) is 5.56 Å². The molecule has 0 saturated heterocycles. The summed E-state index contributed by atoms with van der Waals surface area (Å²) < 4.78 is 74.8. The molecular weight excluding hydrogens is 526 g/mol. The number of nitrogens with zero attached hydrogens (tertiary/aromatic N) is 2. The molecule has 36 heavy (non-hydrogen) atoms. The minimum Gasteiger partial charge on any atom is -0.486 e. The van der Waals surface area contributed by atoms with Gasteiger partial charge in [0.25, 0.3) is 5.91 Å². The normalized spacial score (nSPS) is 14.6. The molecule has 1 heterocycles. The maximum absolute atomic E-state index is 14.2. The van der Waals surface area contributed by atoms with E-state index < -0.39 is 40.7 Å². The lowest BCUT2D eigenvalue weighted by atomic mass is 10.1. The number of aryl methyl sites for hydroxylation is 1. The fourth-order valence-corrected chi connectivity index (χ4v) is 4.04. The Hall–Kier alpha value is -3.43. The molecule has 0 saturated carbocycles. The van der Waals surface area contributed by atoms with Crippen molar-refractivity contribution in [3.63, 3.8) is 0 Å². The Morgan fingerprint density at radius 2 is 1.42 bits per heavy atom. The number of carbonyl (C=O) groups excluding carboxylic acids is 1. The van der Waals surface area contributed by atoms with Gasteiger partial charge in [-0.1, -0.05) is 53.0 Å². The summed E-state index contributed by atoms with van der Waals surface area (Å²) in [5, 5.41) is 4.06. The van der Waals surface area contributed by atoms with E-state index in [1.54, 1.807) is 0 Å². The molecule has 0 aromatic heterocycles. The minimum atomic E-state index is -2.34. The van der Waals surface area contributed by atoms with Gasteiger partial charge in [0, 0.05) is 0 Å². The molecule has 3 aromatic carbocycles. The van der Waals surface area contributed by atoms with Gasteiger partial charge in [0.15, 0.2) is 29.0 Å². The molecule has 4 nitrogen and oxygen atoms in total. The predicted molar refractivity (Wildman–Crippen MR) is 127 cm³/mol. The van der Waals surface area contributed by atoms with Gasteiger partial charge in [-0.25, -0.2) is 22.0 Å². The number of benzene rings is 3. The highest BCUT2D eigenvalue weighted by molar-refractivity contribution is 6.37. The van der Waals surface area contributed by atoms with Crippen molar-refractivity contribution in [3.05, 3.63) is 97.8 Å². The fourth-order valence-electron chi connectivity index (χ4n) is 3.42. The Kier molecular flexibility index (Phi) is 7.06. The zero-order valence-corrected chi connectivity index (χ0v) is 20.1. The Balaban J connectivity index is 1.62. The van der Waals surface area contributed by atoms with Gasteiger partial charge < -0.3 is 4.74 Å². The molecule has 0 spiro atoms. The highest BCUT2D eigenvalue weighted by Gasteiger charge is 2.37. The summed E-state index contributed by atoms with van der Waals surface area (Å²) in [7, 11) is 0. The SMILES string of the molecule is CC1=NN(c2c(F)c(F)c(F)c(F)c2F)C(=O)/C1=C/c1cc(Cl)c(OCc2ccc(C)cc2)c(Cl)c1. The van der Waals surface area contributed by atoms with Crippen LogP contribution in [0.3, 0.4) is 0 Å². The first-order valence-corrected chi connectivity index (χ1v) is 11.1. The van der Waals surface area contributed by atoms with Crippen molar-refractivity contribution in [1.82, 2.24) is 0 Å². The number of anilines is 1. The van der Waals surface area contributed by atoms with Crippen LogP contribution in [0.1, 0.15) is 23.6 Å². The van der Waals surface area contributed by atoms with Crippen LogP contribution in [0.4, 0.5) is 27.6 Å². The molecule has 4 rings (SSSR count). The van der Waals surface area contributed by atoms with Crippen LogP contribution in [0.2, 0.25) is 10.0 Å². The number of carbonyl (C=O) groups is 1. The topological polar surface area (TPSA) is 41.9 Å². The predicted octanol–water partition coefficient (Wildman–Crippen LogP) is 7.38. The van der Waals surface area contributed by atoms with Crippen molar-refractivity contribution >= 4 is 46.6 Å².